The summed E-state index contributed by atoms with van der Waals surface area (Å²) in [7, 11) is 1.58. The van der Waals surface area contributed by atoms with E-state index in [1.54, 1.807) is 31.5 Å². The number of para-hydroxylation sites is 1. The molecule has 1 aliphatic rings. The van der Waals surface area contributed by atoms with Crippen molar-refractivity contribution in [1.29, 1.82) is 0 Å². The number of pyridine rings is 1. The second-order valence-electron chi connectivity index (χ2n) is 11.0. The standard InChI is InChI=1S/C34H35FN6O4/c1-23-9-4-5-10-29(23)41-22-28(38-39-41)34(42)37-24-11-12-31(26(35)19-24)45-30-13-14-36-27-21-33(32(43-2)20-25(27)30)44-18-8-17-40-15-6-3-7-16-40/h4-5,9-14,19-22H,3,6-8,15-18H2,1-2H3,(H,37,42). The molecule has 1 aliphatic heterocycles. The largest absolute Gasteiger partial charge is 0.493 e. The number of hydrogen-bond acceptors (Lipinski definition) is 8. The Hall–Kier alpha value is -5.03. The van der Waals surface area contributed by atoms with Gasteiger partial charge in [0.05, 0.1) is 31.1 Å². The molecule has 3 aromatic carbocycles. The minimum Gasteiger partial charge on any atom is -0.493 e. The molecule has 5 aromatic rings. The van der Waals surface area contributed by atoms with Gasteiger partial charge in [0.1, 0.15) is 5.75 Å². The third-order valence-electron chi connectivity index (χ3n) is 7.81. The van der Waals surface area contributed by atoms with Gasteiger partial charge in [0.15, 0.2) is 28.8 Å². The average Bonchev–Trinajstić information content (AvgIpc) is 3.55. The zero-order chi connectivity index (χ0) is 31.2. The summed E-state index contributed by atoms with van der Waals surface area (Å²) in [5.74, 6) is 0.359. The fraction of sp³-hybridized carbons (Fsp3) is 0.294. The molecule has 0 unspecified atom stereocenters. The van der Waals surface area contributed by atoms with Gasteiger partial charge in [-0.25, -0.2) is 9.07 Å². The second kappa shape index (κ2) is 13.7. The Balaban J connectivity index is 1.12. The molecule has 2 aromatic heterocycles. The number of nitrogens with zero attached hydrogens (tertiary/aromatic N) is 5. The Labute approximate surface area is 260 Å². The van der Waals surface area contributed by atoms with Gasteiger partial charge in [0.25, 0.3) is 5.91 Å². The van der Waals surface area contributed by atoms with Crippen molar-refractivity contribution in [3.8, 4) is 28.7 Å². The Bertz CT molecular complexity index is 1800. The molecule has 1 saturated heterocycles. The van der Waals surface area contributed by atoms with E-state index >= 15 is 4.39 Å². The summed E-state index contributed by atoms with van der Waals surface area (Å²) in [6, 6.07) is 17.1. The van der Waals surface area contributed by atoms with Gasteiger partial charge >= 0.3 is 0 Å². The smallest absolute Gasteiger partial charge is 0.277 e. The van der Waals surface area contributed by atoms with Crippen LogP contribution in [0.2, 0.25) is 0 Å². The Kier molecular flexibility index (Phi) is 9.16. The molecule has 11 heteroatoms. The number of aryl methyl sites for hydroxylation is 1. The van der Waals surface area contributed by atoms with Crippen LogP contribution < -0.4 is 19.5 Å². The van der Waals surface area contributed by atoms with E-state index in [1.807, 2.05) is 37.3 Å². The maximum Gasteiger partial charge on any atom is 0.277 e. The van der Waals surface area contributed by atoms with Crippen LogP contribution in [0.15, 0.2) is 73.1 Å². The first kappa shape index (κ1) is 30.0. The van der Waals surface area contributed by atoms with E-state index in [-0.39, 0.29) is 17.1 Å². The van der Waals surface area contributed by atoms with Crippen molar-refractivity contribution in [1.82, 2.24) is 24.9 Å². The van der Waals surface area contributed by atoms with Crippen molar-refractivity contribution in [3.05, 3.63) is 90.1 Å². The molecule has 1 amide bonds. The van der Waals surface area contributed by atoms with Crippen LogP contribution in [-0.4, -0.2) is 64.1 Å². The number of fused-ring (bicyclic) bond motifs is 1. The molecule has 10 nitrogen and oxygen atoms in total. The Morgan fingerprint density at radius 1 is 0.978 bits per heavy atom. The normalized spacial score (nSPS) is 13.5. The van der Waals surface area contributed by atoms with E-state index in [0.29, 0.717) is 34.8 Å². The first-order chi connectivity index (χ1) is 22.0. The molecule has 1 fully saturated rings. The minimum absolute atomic E-state index is 0.0111. The van der Waals surface area contributed by atoms with Crippen LogP contribution in [0.25, 0.3) is 16.6 Å². The molecular formula is C34H35FN6O4. The number of hydrogen-bond donors (Lipinski definition) is 1. The highest BCUT2D eigenvalue weighted by atomic mass is 19.1. The van der Waals surface area contributed by atoms with Gasteiger partial charge in [-0.1, -0.05) is 29.8 Å². The van der Waals surface area contributed by atoms with Gasteiger partial charge < -0.3 is 24.4 Å². The fourth-order valence-electron chi connectivity index (χ4n) is 5.42. The quantitative estimate of drug-likeness (QED) is 0.168. The molecule has 1 N–H and O–H groups in total. The van der Waals surface area contributed by atoms with E-state index in [0.717, 1.165) is 37.3 Å². The van der Waals surface area contributed by atoms with Crippen LogP contribution in [0.1, 0.15) is 41.7 Å². The number of carbonyl (C=O) groups excluding carboxylic acids is 1. The molecule has 0 spiro atoms. The summed E-state index contributed by atoms with van der Waals surface area (Å²) >= 11 is 0. The van der Waals surface area contributed by atoms with E-state index in [1.165, 1.54) is 42.3 Å². The molecule has 0 bridgehead atoms. The van der Waals surface area contributed by atoms with Gasteiger partial charge in [0, 0.05) is 35.9 Å². The molecule has 0 aliphatic carbocycles. The number of ether oxygens (including phenoxy) is 3. The molecular weight excluding hydrogens is 575 g/mol. The SMILES string of the molecule is COc1cc2c(Oc3ccc(NC(=O)c4cn(-c5ccccc5C)nn4)cc3F)ccnc2cc1OCCCN1CCCCC1. The van der Waals surface area contributed by atoms with Crippen LogP contribution >= 0.6 is 0 Å². The van der Waals surface area contributed by atoms with Crippen molar-refractivity contribution in [2.24, 2.45) is 0 Å². The van der Waals surface area contributed by atoms with Crippen LogP contribution in [0.4, 0.5) is 10.1 Å². The third-order valence-corrected chi connectivity index (χ3v) is 7.81. The first-order valence-electron chi connectivity index (χ1n) is 15.1. The molecule has 6 rings (SSSR count). The third kappa shape index (κ3) is 7.04. The molecule has 0 atom stereocenters. The monoisotopic (exact) mass is 610 g/mol. The van der Waals surface area contributed by atoms with Gasteiger partial charge in [0.2, 0.25) is 0 Å². The Morgan fingerprint density at radius 3 is 2.62 bits per heavy atom. The van der Waals surface area contributed by atoms with Crippen molar-refractivity contribution in [2.75, 3.05) is 38.7 Å². The number of nitrogens with one attached hydrogen (secondary N) is 1. The van der Waals surface area contributed by atoms with E-state index in [2.05, 4.69) is 25.5 Å². The lowest BCUT2D eigenvalue weighted by atomic mass is 10.1. The predicted molar refractivity (Wildman–Crippen MR) is 169 cm³/mol. The number of rotatable bonds is 11. The topological polar surface area (TPSA) is 104 Å². The number of anilines is 1. The molecule has 3 heterocycles. The van der Waals surface area contributed by atoms with E-state index in [4.69, 9.17) is 14.2 Å². The Morgan fingerprint density at radius 2 is 1.82 bits per heavy atom. The number of methoxy groups -OCH3 is 1. The summed E-state index contributed by atoms with van der Waals surface area (Å²) < 4.78 is 34.4. The summed E-state index contributed by atoms with van der Waals surface area (Å²) in [5.41, 5.74) is 2.77. The number of amides is 1. The summed E-state index contributed by atoms with van der Waals surface area (Å²) in [5, 5.41) is 11.3. The number of benzene rings is 3. The zero-order valence-corrected chi connectivity index (χ0v) is 25.3. The first-order valence-corrected chi connectivity index (χ1v) is 15.1. The van der Waals surface area contributed by atoms with Gasteiger partial charge in [-0.15, -0.1) is 5.10 Å². The number of halogens is 1. The van der Waals surface area contributed by atoms with Crippen molar-refractivity contribution < 1.29 is 23.4 Å². The molecule has 232 valence electrons. The van der Waals surface area contributed by atoms with Crippen molar-refractivity contribution in [2.45, 2.75) is 32.6 Å². The predicted octanol–water partition coefficient (Wildman–Crippen LogP) is 6.57. The second-order valence-corrected chi connectivity index (χ2v) is 11.0. The van der Waals surface area contributed by atoms with Crippen LogP contribution in [-0.2, 0) is 0 Å². The highest BCUT2D eigenvalue weighted by molar-refractivity contribution is 6.02. The average molecular weight is 611 g/mol. The van der Waals surface area contributed by atoms with Crippen LogP contribution in [0.5, 0.6) is 23.0 Å². The van der Waals surface area contributed by atoms with Crippen LogP contribution in [0.3, 0.4) is 0 Å². The van der Waals surface area contributed by atoms with E-state index in [9.17, 15) is 4.79 Å². The molecule has 45 heavy (non-hydrogen) atoms. The maximum absolute atomic E-state index is 15.2. The zero-order valence-electron chi connectivity index (χ0n) is 25.3. The van der Waals surface area contributed by atoms with Gasteiger partial charge in [-0.3, -0.25) is 9.78 Å². The molecule has 0 saturated carbocycles. The summed E-state index contributed by atoms with van der Waals surface area (Å²) in [6.45, 7) is 5.83. The maximum atomic E-state index is 15.2. The number of likely N-dealkylation sites (tertiary alicyclic amines) is 1. The highest BCUT2D eigenvalue weighted by Gasteiger charge is 2.17. The highest BCUT2D eigenvalue weighted by Crippen LogP contribution is 2.38. The lowest BCUT2D eigenvalue weighted by Gasteiger charge is -2.26. The van der Waals surface area contributed by atoms with Crippen LogP contribution in [0, 0.1) is 12.7 Å². The fourth-order valence-corrected chi connectivity index (χ4v) is 5.42. The van der Waals surface area contributed by atoms with Crippen molar-refractivity contribution >= 4 is 22.5 Å². The number of aromatic nitrogens is 4. The minimum atomic E-state index is -0.651. The summed E-state index contributed by atoms with van der Waals surface area (Å²) in [6.07, 6.45) is 7.89. The lowest BCUT2D eigenvalue weighted by Crippen LogP contribution is -2.31. The summed E-state index contributed by atoms with van der Waals surface area (Å²) in [4.78, 5) is 19.8. The molecule has 0 radical (unpaired) electrons. The van der Waals surface area contributed by atoms with Gasteiger partial charge in [-0.05, 0) is 75.2 Å². The van der Waals surface area contributed by atoms with Crippen molar-refractivity contribution in [3.63, 3.8) is 0 Å². The number of piperidine rings is 1. The van der Waals surface area contributed by atoms with E-state index < -0.39 is 11.7 Å². The van der Waals surface area contributed by atoms with Gasteiger partial charge in [-0.2, -0.15) is 0 Å². The lowest BCUT2D eigenvalue weighted by molar-refractivity contribution is 0.102. The number of carbonyl (C=O) groups is 1.